The zero-order chi connectivity index (χ0) is 24.4. The van der Waals surface area contributed by atoms with Crippen molar-refractivity contribution in [2.45, 2.75) is 37.5 Å². The molecular formula is C22H26ClN3O7. The smallest absolute Gasteiger partial charge is 0.228 e. The van der Waals surface area contributed by atoms with Gasteiger partial charge in [-0.25, -0.2) is 4.98 Å². The summed E-state index contributed by atoms with van der Waals surface area (Å²) < 4.78 is 5.76. The molecule has 1 aromatic heterocycles. The number of carbonyl (C=O) groups excluding carboxylic acids is 4. The fourth-order valence-corrected chi connectivity index (χ4v) is 6.36. The molecule has 3 aliphatic carbocycles. The van der Waals surface area contributed by atoms with E-state index < -0.39 is 65.1 Å². The molecule has 4 rings (SSSR count). The lowest BCUT2D eigenvalue weighted by molar-refractivity contribution is -0.182. The topological polar surface area (TPSA) is 160 Å². The molecule has 0 spiro atoms. The van der Waals surface area contributed by atoms with Crippen molar-refractivity contribution in [1.29, 1.82) is 0 Å². The number of primary amides is 1. The molecule has 0 aromatic carbocycles. The maximum atomic E-state index is 14.0. The minimum Gasteiger partial charge on any atom is -0.505 e. The summed E-state index contributed by atoms with van der Waals surface area (Å²) in [6.45, 7) is -0.634. The Bertz CT molecular complexity index is 1070. The van der Waals surface area contributed by atoms with Crippen LogP contribution >= 0.6 is 11.6 Å². The highest BCUT2D eigenvalue weighted by Crippen LogP contribution is 2.53. The molecule has 0 bridgehead atoms. The molecule has 1 aromatic rings. The van der Waals surface area contributed by atoms with E-state index in [0.29, 0.717) is 5.56 Å². The SMILES string of the molecule is COC12CC(C(N)=O)C(=O)C(N(C)C)C1CC1Cc3c(Cl)nc(CO)c(O)c3C(=O)C1C2=O. The van der Waals surface area contributed by atoms with Gasteiger partial charge >= 0.3 is 0 Å². The van der Waals surface area contributed by atoms with Crippen molar-refractivity contribution in [2.24, 2.45) is 29.4 Å². The molecule has 4 N–H and O–H groups in total. The van der Waals surface area contributed by atoms with Gasteiger partial charge in [-0.3, -0.25) is 24.1 Å². The summed E-state index contributed by atoms with van der Waals surface area (Å²) in [7, 11) is 4.69. The molecule has 1 heterocycles. The van der Waals surface area contributed by atoms with Crippen LogP contribution in [-0.2, 0) is 32.1 Å². The van der Waals surface area contributed by atoms with E-state index in [1.807, 2.05) is 0 Å². The molecule has 3 aliphatic rings. The molecule has 1 amide bonds. The first-order valence-electron chi connectivity index (χ1n) is 10.6. The van der Waals surface area contributed by atoms with E-state index in [9.17, 15) is 29.4 Å². The number of fused-ring (bicyclic) bond motifs is 3. The summed E-state index contributed by atoms with van der Waals surface area (Å²) in [6, 6.07) is -0.809. The second-order valence-corrected chi connectivity index (χ2v) is 9.64. The molecule has 6 atom stereocenters. The van der Waals surface area contributed by atoms with E-state index in [1.165, 1.54) is 7.11 Å². The van der Waals surface area contributed by atoms with E-state index in [4.69, 9.17) is 22.1 Å². The van der Waals surface area contributed by atoms with Crippen molar-refractivity contribution >= 4 is 34.9 Å². The molecule has 11 heteroatoms. The Morgan fingerprint density at radius 1 is 1.33 bits per heavy atom. The predicted molar refractivity (Wildman–Crippen MR) is 114 cm³/mol. The van der Waals surface area contributed by atoms with E-state index in [1.54, 1.807) is 19.0 Å². The van der Waals surface area contributed by atoms with E-state index in [0.717, 1.165) is 0 Å². The molecule has 0 radical (unpaired) electrons. The molecular weight excluding hydrogens is 454 g/mol. The number of pyridine rings is 1. The average molecular weight is 480 g/mol. The summed E-state index contributed by atoms with van der Waals surface area (Å²) in [5.74, 6) is -6.38. The molecule has 0 aliphatic heterocycles. The number of ketones is 3. The van der Waals surface area contributed by atoms with Crippen molar-refractivity contribution in [1.82, 2.24) is 9.88 Å². The van der Waals surface area contributed by atoms with Gasteiger partial charge in [-0.1, -0.05) is 11.6 Å². The lowest BCUT2D eigenvalue weighted by Gasteiger charge is -2.55. The quantitative estimate of drug-likeness (QED) is 0.395. The van der Waals surface area contributed by atoms with Gasteiger partial charge in [0.1, 0.15) is 22.4 Å². The molecule has 10 nitrogen and oxygen atoms in total. The average Bonchev–Trinajstić information content (AvgIpc) is 2.75. The standard InChI is InChI=1S/C22H26ClN3O7/c1-26(2)15-11-5-8-4-9-14(17(29)12(7-27)25-20(9)23)18(30)13(8)19(31)22(11,33-3)6-10(16(15)28)21(24)32/h8,10-11,13,15,27,29H,4-7H2,1-3H3,(H2,24,32). The lowest BCUT2D eigenvalue weighted by atomic mass is 9.52. The highest BCUT2D eigenvalue weighted by Gasteiger charge is 2.65. The van der Waals surface area contributed by atoms with Crippen LogP contribution in [0.3, 0.4) is 0 Å². The lowest BCUT2D eigenvalue weighted by Crippen LogP contribution is -2.70. The van der Waals surface area contributed by atoms with Crippen molar-refractivity contribution < 1.29 is 34.1 Å². The van der Waals surface area contributed by atoms with Crippen LogP contribution in [0.2, 0.25) is 5.15 Å². The number of hydrogen-bond acceptors (Lipinski definition) is 9. The molecule has 6 unspecified atom stereocenters. The van der Waals surface area contributed by atoms with Crippen molar-refractivity contribution in [2.75, 3.05) is 21.2 Å². The third-order valence-electron chi connectivity index (χ3n) is 7.55. The number of aromatic hydroxyl groups is 1. The molecule has 33 heavy (non-hydrogen) atoms. The first-order valence-corrected chi connectivity index (χ1v) is 11.0. The normalized spacial score (nSPS) is 33.5. The van der Waals surface area contributed by atoms with Crippen LogP contribution in [0.5, 0.6) is 5.75 Å². The number of rotatable bonds is 4. The monoisotopic (exact) mass is 479 g/mol. The van der Waals surface area contributed by atoms with Gasteiger partial charge in [0.25, 0.3) is 0 Å². The van der Waals surface area contributed by atoms with E-state index in [-0.39, 0.29) is 41.5 Å². The van der Waals surface area contributed by atoms with Gasteiger partial charge in [0.15, 0.2) is 23.1 Å². The van der Waals surface area contributed by atoms with Crippen LogP contribution in [0.1, 0.15) is 34.5 Å². The number of aliphatic hydroxyl groups excluding tert-OH is 1. The number of Topliss-reactive ketones (excluding diaryl/α,β-unsaturated/α-hetero) is 3. The number of carbonyl (C=O) groups is 4. The van der Waals surface area contributed by atoms with Gasteiger partial charge in [-0.05, 0) is 32.9 Å². The van der Waals surface area contributed by atoms with Gasteiger partial charge in [0, 0.05) is 25.0 Å². The number of nitrogens with two attached hydrogens (primary N) is 1. The molecule has 0 saturated heterocycles. The number of aliphatic hydroxyl groups is 1. The second kappa shape index (κ2) is 8.12. The molecule has 178 valence electrons. The predicted octanol–water partition coefficient (Wildman–Crippen LogP) is -0.117. The number of likely N-dealkylation sites (N-methyl/N-ethyl adjacent to an activating group) is 1. The number of halogens is 1. The van der Waals surface area contributed by atoms with Crippen molar-refractivity contribution in [3.8, 4) is 5.75 Å². The number of methoxy groups -OCH3 is 1. The largest absolute Gasteiger partial charge is 0.505 e. The Hall–Kier alpha value is -2.40. The highest BCUT2D eigenvalue weighted by atomic mass is 35.5. The Labute approximate surface area is 195 Å². The third kappa shape index (κ3) is 3.23. The Kier molecular flexibility index (Phi) is 5.84. The van der Waals surface area contributed by atoms with Crippen LogP contribution in [-0.4, -0.2) is 76.2 Å². The number of amides is 1. The fourth-order valence-electron chi connectivity index (χ4n) is 6.09. The minimum absolute atomic E-state index is 0.0210. The van der Waals surface area contributed by atoms with Crippen LogP contribution in [0.25, 0.3) is 0 Å². The number of hydrogen-bond donors (Lipinski definition) is 3. The van der Waals surface area contributed by atoms with Crippen molar-refractivity contribution in [3.05, 3.63) is 22.0 Å². The Morgan fingerprint density at radius 3 is 2.55 bits per heavy atom. The fraction of sp³-hybridized carbons (Fsp3) is 0.591. The first kappa shape index (κ1) is 23.7. The van der Waals surface area contributed by atoms with E-state index >= 15 is 0 Å². The summed E-state index contributed by atoms with van der Waals surface area (Å²) in [4.78, 5) is 58.4. The maximum Gasteiger partial charge on any atom is 0.228 e. The van der Waals surface area contributed by atoms with Crippen LogP contribution in [0.15, 0.2) is 0 Å². The van der Waals surface area contributed by atoms with Gasteiger partial charge in [0.05, 0.1) is 24.1 Å². The Morgan fingerprint density at radius 2 is 2.00 bits per heavy atom. The number of ether oxygens (including phenoxy) is 1. The molecule has 2 saturated carbocycles. The second-order valence-electron chi connectivity index (χ2n) is 9.29. The Balaban J connectivity index is 1.87. The number of aromatic nitrogens is 1. The summed E-state index contributed by atoms with van der Waals surface area (Å²) in [5.41, 5.74) is 3.97. The minimum atomic E-state index is -1.57. The summed E-state index contributed by atoms with van der Waals surface area (Å²) >= 11 is 6.27. The maximum absolute atomic E-state index is 14.0. The van der Waals surface area contributed by atoms with Gasteiger partial charge in [-0.15, -0.1) is 0 Å². The van der Waals surface area contributed by atoms with Gasteiger partial charge < -0.3 is 20.7 Å². The van der Waals surface area contributed by atoms with E-state index in [2.05, 4.69) is 4.98 Å². The van der Waals surface area contributed by atoms with Crippen molar-refractivity contribution in [3.63, 3.8) is 0 Å². The van der Waals surface area contributed by atoms with Crippen LogP contribution < -0.4 is 5.73 Å². The van der Waals surface area contributed by atoms with Gasteiger partial charge in [-0.2, -0.15) is 0 Å². The first-order chi connectivity index (χ1) is 15.5. The summed E-state index contributed by atoms with van der Waals surface area (Å²) in [6.07, 6.45) is 0.237. The van der Waals surface area contributed by atoms with Crippen LogP contribution in [0.4, 0.5) is 0 Å². The zero-order valence-electron chi connectivity index (χ0n) is 18.5. The highest BCUT2D eigenvalue weighted by molar-refractivity contribution is 6.31. The zero-order valence-corrected chi connectivity index (χ0v) is 19.3. The van der Waals surface area contributed by atoms with Crippen LogP contribution in [0, 0.1) is 23.7 Å². The number of nitrogens with zero attached hydrogens (tertiary/aromatic N) is 2. The molecule has 2 fully saturated rings. The third-order valence-corrected chi connectivity index (χ3v) is 7.87. The van der Waals surface area contributed by atoms with Gasteiger partial charge in [0.2, 0.25) is 5.91 Å². The summed E-state index contributed by atoms with van der Waals surface area (Å²) in [5, 5.41) is 20.0.